The number of hydrogen-bond acceptors (Lipinski definition) is 7. The highest BCUT2D eigenvalue weighted by atomic mass is 16.5. The molecule has 2 aliphatic rings. The van der Waals surface area contributed by atoms with Gasteiger partial charge in [0.25, 0.3) is 5.88 Å². The number of ether oxygens (including phenoxy) is 1. The molecule has 1 amide bonds. The number of carbonyl (C=O) groups excluding carboxylic acids is 1. The van der Waals surface area contributed by atoms with Gasteiger partial charge in [0.15, 0.2) is 0 Å². The quantitative estimate of drug-likeness (QED) is 0.776. The summed E-state index contributed by atoms with van der Waals surface area (Å²) in [6.07, 6.45) is 5.89. The molecule has 0 N–H and O–H groups in total. The van der Waals surface area contributed by atoms with Crippen LogP contribution in [0.2, 0.25) is 0 Å². The van der Waals surface area contributed by atoms with Crippen LogP contribution in [0.4, 0.5) is 0 Å². The first-order valence-corrected chi connectivity index (χ1v) is 9.93. The number of hydrogen-bond donors (Lipinski definition) is 0. The summed E-state index contributed by atoms with van der Waals surface area (Å²) in [6.45, 7) is 3.44. The number of likely N-dealkylation sites (N-methyl/N-ethyl adjacent to an activating group) is 1. The fourth-order valence-corrected chi connectivity index (χ4v) is 3.98. The Hall–Kier alpha value is -2.48. The van der Waals surface area contributed by atoms with E-state index < -0.39 is 0 Å². The Morgan fingerprint density at radius 2 is 2.29 bits per heavy atom. The molecule has 0 bridgehead atoms. The summed E-state index contributed by atoms with van der Waals surface area (Å²) in [5.41, 5.74) is 2.40. The van der Waals surface area contributed by atoms with Crippen LogP contribution in [-0.2, 0) is 24.2 Å². The smallest absolute Gasteiger partial charge is 0.254 e. The highest BCUT2D eigenvalue weighted by Crippen LogP contribution is 2.27. The fraction of sp³-hybridized carbons (Fsp3) is 0.600. The van der Waals surface area contributed by atoms with E-state index >= 15 is 0 Å². The first-order chi connectivity index (χ1) is 13.6. The van der Waals surface area contributed by atoms with E-state index in [0.29, 0.717) is 31.0 Å². The zero-order valence-electron chi connectivity index (χ0n) is 16.6. The normalized spacial score (nSPS) is 20.1. The van der Waals surface area contributed by atoms with Crippen molar-refractivity contribution >= 4 is 5.91 Å². The van der Waals surface area contributed by atoms with Crippen molar-refractivity contribution in [2.75, 3.05) is 33.8 Å². The summed E-state index contributed by atoms with van der Waals surface area (Å²) < 4.78 is 10.2. The largest absolute Gasteiger partial charge is 0.479 e. The van der Waals surface area contributed by atoms with E-state index in [2.05, 4.69) is 22.1 Å². The Bertz CT molecular complexity index is 837. The van der Waals surface area contributed by atoms with Gasteiger partial charge in [-0.3, -0.25) is 4.79 Å². The second-order valence-electron chi connectivity index (χ2n) is 7.70. The van der Waals surface area contributed by atoms with Gasteiger partial charge in [0.2, 0.25) is 5.91 Å². The van der Waals surface area contributed by atoms with Gasteiger partial charge >= 0.3 is 0 Å². The molecule has 1 fully saturated rings. The van der Waals surface area contributed by atoms with Gasteiger partial charge in [-0.2, -0.15) is 0 Å². The monoisotopic (exact) mass is 385 g/mol. The number of aromatic nitrogens is 3. The molecule has 8 nitrogen and oxygen atoms in total. The summed E-state index contributed by atoms with van der Waals surface area (Å²) >= 11 is 0. The van der Waals surface area contributed by atoms with E-state index in [-0.39, 0.29) is 11.8 Å². The zero-order chi connectivity index (χ0) is 19.5. The average Bonchev–Trinajstić information content (AvgIpc) is 3.20. The second-order valence-corrected chi connectivity index (χ2v) is 7.70. The first-order valence-electron chi connectivity index (χ1n) is 9.93. The SMILES string of the molecule is COc1cc(CCC(=O)N2CCCC(c3ncc4c(n3)CCN(C)C4)C2)on1. The third-order valence-electron chi connectivity index (χ3n) is 5.61. The van der Waals surface area contributed by atoms with Crippen LogP contribution >= 0.6 is 0 Å². The van der Waals surface area contributed by atoms with Gasteiger partial charge in [0.05, 0.1) is 7.11 Å². The highest BCUT2D eigenvalue weighted by molar-refractivity contribution is 5.76. The van der Waals surface area contributed by atoms with Crippen LogP contribution in [0, 0.1) is 0 Å². The van der Waals surface area contributed by atoms with Gasteiger partial charge < -0.3 is 19.1 Å². The molecule has 2 aromatic heterocycles. The van der Waals surface area contributed by atoms with Gasteiger partial charge in [-0.05, 0) is 25.0 Å². The van der Waals surface area contributed by atoms with Crippen LogP contribution in [0.15, 0.2) is 16.8 Å². The lowest BCUT2D eigenvalue weighted by molar-refractivity contribution is -0.132. The molecule has 1 saturated heterocycles. The van der Waals surface area contributed by atoms with E-state index in [0.717, 1.165) is 44.7 Å². The number of rotatable bonds is 5. The van der Waals surface area contributed by atoms with Crippen LogP contribution in [0.3, 0.4) is 0 Å². The number of amides is 1. The topological polar surface area (TPSA) is 84.6 Å². The molecule has 0 spiro atoms. The number of fused-ring (bicyclic) bond motifs is 1. The second kappa shape index (κ2) is 8.26. The number of likely N-dealkylation sites (tertiary alicyclic amines) is 1. The lowest BCUT2D eigenvalue weighted by Crippen LogP contribution is -2.39. The van der Waals surface area contributed by atoms with Gasteiger partial charge in [0.1, 0.15) is 11.6 Å². The van der Waals surface area contributed by atoms with Crippen LogP contribution in [-0.4, -0.2) is 64.6 Å². The lowest BCUT2D eigenvalue weighted by atomic mass is 9.96. The van der Waals surface area contributed by atoms with Crippen molar-refractivity contribution in [1.82, 2.24) is 24.9 Å². The Morgan fingerprint density at radius 3 is 3.11 bits per heavy atom. The number of piperidine rings is 1. The fourth-order valence-electron chi connectivity index (χ4n) is 3.98. The molecule has 0 radical (unpaired) electrons. The Kier molecular flexibility index (Phi) is 5.57. The highest BCUT2D eigenvalue weighted by Gasteiger charge is 2.27. The summed E-state index contributed by atoms with van der Waals surface area (Å²) in [7, 11) is 3.66. The maximum Gasteiger partial charge on any atom is 0.254 e. The molecule has 0 saturated carbocycles. The third-order valence-corrected chi connectivity index (χ3v) is 5.61. The summed E-state index contributed by atoms with van der Waals surface area (Å²) in [5.74, 6) is 2.35. The predicted octanol–water partition coefficient (Wildman–Crippen LogP) is 1.80. The van der Waals surface area contributed by atoms with Crippen molar-refractivity contribution < 1.29 is 14.1 Å². The molecule has 1 atom stereocenters. The van der Waals surface area contributed by atoms with Crippen molar-refractivity contribution in [1.29, 1.82) is 0 Å². The standard InChI is InChI=1S/C20H27N5O3/c1-24-9-7-17-15(12-24)11-21-20(22-17)14-4-3-8-25(13-14)19(26)6-5-16-10-18(27-2)23-28-16/h10-11,14H,3-9,12-13H2,1-2H3. The molecule has 8 heteroatoms. The van der Waals surface area contributed by atoms with Gasteiger partial charge in [-0.1, -0.05) is 0 Å². The first kappa shape index (κ1) is 18.9. The number of aryl methyl sites for hydroxylation is 1. The predicted molar refractivity (Wildman–Crippen MR) is 102 cm³/mol. The van der Waals surface area contributed by atoms with Gasteiger partial charge in [-0.15, -0.1) is 0 Å². The minimum absolute atomic E-state index is 0.139. The molecule has 28 heavy (non-hydrogen) atoms. The number of nitrogens with zero attached hydrogens (tertiary/aromatic N) is 5. The average molecular weight is 385 g/mol. The maximum absolute atomic E-state index is 12.7. The Labute approximate surface area is 164 Å². The van der Waals surface area contributed by atoms with Crippen molar-refractivity contribution in [3.8, 4) is 5.88 Å². The maximum atomic E-state index is 12.7. The molecule has 0 aromatic carbocycles. The van der Waals surface area contributed by atoms with Crippen molar-refractivity contribution in [3.05, 3.63) is 35.1 Å². The summed E-state index contributed by atoms with van der Waals surface area (Å²) in [5, 5.41) is 3.78. The molecule has 4 heterocycles. The minimum Gasteiger partial charge on any atom is -0.479 e. The van der Waals surface area contributed by atoms with E-state index in [9.17, 15) is 4.79 Å². The molecule has 2 aliphatic heterocycles. The van der Waals surface area contributed by atoms with Crippen LogP contribution in [0.1, 0.15) is 48.0 Å². The Balaban J connectivity index is 1.36. The van der Waals surface area contributed by atoms with Crippen LogP contribution in [0.25, 0.3) is 0 Å². The van der Waals surface area contributed by atoms with Crippen molar-refractivity contribution in [2.45, 2.75) is 44.6 Å². The summed E-state index contributed by atoms with van der Waals surface area (Å²) in [6, 6.07) is 1.73. The summed E-state index contributed by atoms with van der Waals surface area (Å²) in [4.78, 5) is 26.4. The zero-order valence-corrected chi connectivity index (χ0v) is 16.6. The lowest BCUT2D eigenvalue weighted by Gasteiger charge is -2.32. The third kappa shape index (κ3) is 4.16. The minimum atomic E-state index is 0.139. The van der Waals surface area contributed by atoms with E-state index in [4.69, 9.17) is 14.2 Å². The molecular formula is C20H27N5O3. The Morgan fingerprint density at radius 1 is 1.39 bits per heavy atom. The van der Waals surface area contributed by atoms with E-state index in [1.165, 1.54) is 11.3 Å². The molecule has 150 valence electrons. The van der Waals surface area contributed by atoms with E-state index in [1.54, 1.807) is 13.2 Å². The van der Waals surface area contributed by atoms with Gasteiger partial charge in [-0.25, -0.2) is 9.97 Å². The molecular weight excluding hydrogens is 358 g/mol. The molecule has 4 rings (SSSR count). The van der Waals surface area contributed by atoms with Crippen LogP contribution < -0.4 is 4.74 Å². The van der Waals surface area contributed by atoms with Gasteiger partial charge in [0, 0.05) is 74.9 Å². The van der Waals surface area contributed by atoms with Crippen molar-refractivity contribution in [2.24, 2.45) is 0 Å². The molecule has 2 aromatic rings. The number of carbonyl (C=O) groups is 1. The molecule has 0 aliphatic carbocycles. The van der Waals surface area contributed by atoms with Crippen LogP contribution in [0.5, 0.6) is 5.88 Å². The number of methoxy groups -OCH3 is 1. The molecule has 1 unspecified atom stereocenters. The van der Waals surface area contributed by atoms with Crippen molar-refractivity contribution in [3.63, 3.8) is 0 Å². The van der Waals surface area contributed by atoms with E-state index in [1.807, 2.05) is 11.1 Å².